The molecule has 0 bridgehead atoms. The zero-order valence-corrected chi connectivity index (χ0v) is 8.08. The highest BCUT2D eigenvalue weighted by Gasteiger charge is 1.95. The molecule has 0 aliphatic rings. The summed E-state index contributed by atoms with van der Waals surface area (Å²) in [5, 5.41) is 10.3. The van der Waals surface area contributed by atoms with Gasteiger partial charge in [0.25, 0.3) is 0 Å². The third-order valence-electron chi connectivity index (χ3n) is 1.29. The number of hydrogen-bond acceptors (Lipinski definition) is 5. The lowest BCUT2D eigenvalue weighted by atomic mass is 10.6. The van der Waals surface area contributed by atoms with Crippen LogP contribution in [0, 0.1) is 0 Å². The van der Waals surface area contributed by atoms with Crippen molar-refractivity contribution in [2.24, 2.45) is 0 Å². The predicted octanol–water partition coefficient (Wildman–Crippen LogP) is 0.973. The van der Waals surface area contributed by atoms with E-state index in [2.05, 4.69) is 20.5 Å². The van der Waals surface area contributed by atoms with Crippen LogP contribution in [0.4, 0.5) is 5.82 Å². The number of aromatic nitrogens is 3. The average molecular weight is 203 g/mol. The average Bonchev–Trinajstić information content (AvgIpc) is 2.13. The Morgan fingerprint density at radius 3 is 3.15 bits per heavy atom. The van der Waals surface area contributed by atoms with Crippen LogP contribution in [-0.4, -0.2) is 34.9 Å². The van der Waals surface area contributed by atoms with Crippen molar-refractivity contribution in [2.45, 2.75) is 6.92 Å². The number of nitrogens with one attached hydrogen (secondary N) is 1. The molecule has 0 aliphatic carbocycles. The molecule has 1 rings (SSSR count). The van der Waals surface area contributed by atoms with Crippen molar-refractivity contribution in [2.75, 3.05) is 25.1 Å². The van der Waals surface area contributed by atoms with Crippen molar-refractivity contribution in [3.8, 4) is 0 Å². The van der Waals surface area contributed by atoms with Crippen LogP contribution >= 0.6 is 11.6 Å². The monoisotopic (exact) mass is 202 g/mol. The van der Waals surface area contributed by atoms with Gasteiger partial charge in [-0.15, -0.1) is 5.10 Å². The van der Waals surface area contributed by atoms with Crippen LogP contribution < -0.4 is 5.32 Å². The minimum Gasteiger partial charge on any atom is -0.380 e. The maximum absolute atomic E-state index is 5.53. The highest BCUT2D eigenvalue weighted by Crippen LogP contribution is 2.02. The van der Waals surface area contributed by atoms with Crippen molar-refractivity contribution in [1.82, 2.24) is 15.2 Å². The molecule has 0 aliphatic heterocycles. The van der Waals surface area contributed by atoms with Gasteiger partial charge in [-0.3, -0.25) is 0 Å². The second-order valence-electron chi connectivity index (χ2n) is 2.23. The molecule has 6 heteroatoms. The third-order valence-corrected chi connectivity index (χ3v) is 1.45. The van der Waals surface area contributed by atoms with Crippen molar-refractivity contribution < 1.29 is 4.74 Å². The first-order chi connectivity index (χ1) is 6.33. The van der Waals surface area contributed by atoms with Crippen molar-refractivity contribution in [1.29, 1.82) is 0 Å². The molecule has 0 amide bonds. The van der Waals surface area contributed by atoms with Gasteiger partial charge in [-0.05, 0) is 18.5 Å². The van der Waals surface area contributed by atoms with E-state index in [9.17, 15) is 0 Å². The fourth-order valence-corrected chi connectivity index (χ4v) is 0.897. The molecule has 0 saturated heterocycles. The van der Waals surface area contributed by atoms with Gasteiger partial charge in [0, 0.05) is 13.2 Å². The number of halogens is 1. The zero-order valence-electron chi connectivity index (χ0n) is 7.33. The van der Waals surface area contributed by atoms with Crippen LogP contribution in [0.5, 0.6) is 0 Å². The number of ether oxygens (including phenoxy) is 1. The summed E-state index contributed by atoms with van der Waals surface area (Å²) in [5.74, 6) is 0.611. The largest absolute Gasteiger partial charge is 0.380 e. The molecule has 0 saturated carbocycles. The maximum atomic E-state index is 5.53. The van der Waals surface area contributed by atoms with E-state index in [0.29, 0.717) is 25.6 Å². The molecule has 0 spiro atoms. The Labute approximate surface area is 81.5 Å². The van der Waals surface area contributed by atoms with Crippen LogP contribution in [0.25, 0.3) is 0 Å². The van der Waals surface area contributed by atoms with Crippen molar-refractivity contribution in [3.63, 3.8) is 0 Å². The van der Waals surface area contributed by atoms with Crippen LogP contribution in [0.3, 0.4) is 0 Å². The van der Waals surface area contributed by atoms with Gasteiger partial charge < -0.3 is 10.1 Å². The normalized spacial score (nSPS) is 10.0. The Balaban J connectivity index is 2.28. The Morgan fingerprint density at radius 2 is 2.46 bits per heavy atom. The second kappa shape index (κ2) is 5.66. The minimum atomic E-state index is 0.140. The van der Waals surface area contributed by atoms with Gasteiger partial charge in [0.05, 0.1) is 12.8 Å². The summed E-state index contributed by atoms with van der Waals surface area (Å²) in [6, 6.07) is 0. The number of nitrogens with zero attached hydrogens (tertiary/aromatic N) is 3. The summed E-state index contributed by atoms with van der Waals surface area (Å²) >= 11 is 5.53. The summed E-state index contributed by atoms with van der Waals surface area (Å²) in [7, 11) is 0. The lowest BCUT2D eigenvalue weighted by Crippen LogP contribution is -2.10. The Kier molecular flexibility index (Phi) is 4.42. The zero-order chi connectivity index (χ0) is 9.52. The Morgan fingerprint density at radius 1 is 1.62 bits per heavy atom. The first-order valence-electron chi connectivity index (χ1n) is 3.99. The van der Waals surface area contributed by atoms with E-state index >= 15 is 0 Å². The number of hydrogen-bond donors (Lipinski definition) is 1. The SMILES string of the molecule is CCOCCNc1cnnc(Cl)n1. The van der Waals surface area contributed by atoms with Gasteiger partial charge in [-0.2, -0.15) is 10.1 Å². The number of anilines is 1. The van der Waals surface area contributed by atoms with E-state index in [-0.39, 0.29) is 5.28 Å². The first-order valence-corrected chi connectivity index (χ1v) is 4.37. The predicted molar refractivity (Wildman–Crippen MR) is 49.8 cm³/mol. The molecule has 0 aromatic carbocycles. The lowest BCUT2D eigenvalue weighted by molar-refractivity contribution is 0.158. The quantitative estimate of drug-likeness (QED) is 0.722. The van der Waals surface area contributed by atoms with Crippen LogP contribution in [0.2, 0.25) is 5.28 Å². The lowest BCUT2D eigenvalue weighted by Gasteiger charge is -2.03. The summed E-state index contributed by atoms with van der Waals surface area (Å²) in [5.41, 5.74) is 0. The van der Waals surface area contributed by atoms with Crippen LogP contribution in [0.1, 0.15) is 6.92 Å². The van der Waals surface area contributed by atoms with E-state index in [1.165, 1.54) is 6.20 Å². The highest BCUT2D eigenvalue weighted by atomic mass is 35.5. The molecule has 1 aromatic heterocycles. The smallest absolute Gasteiger partial charge is 0.244 e. The second-order valence-corrected chi connectivity index (χ2v) is 2.57. The molecule has 5 nitrogen and oxygen atoms in total. The molecule has 0 atom stereocenters. The van der Waals surface area contributed by atoms with Gasteiger partial charge in [0.15, 0.2) is 0 Å². The molecular formula is C7H11ClN4O. The molecule has 0 fully saturated rings. The van der Waals surface area contributed by atoms with E-state index in [4.69, 9.17) is 16.3 Å². The Bertz CT molecular complexity index is 258. The molecule has 1 N–H and O–H groups in total. The molecular weight excluding hydrogens is 192 g/mol. The molecule has 1 aromatic rings. The molecule has 1 heterocycles. The Hall–Kier alpha value is -0.940. The van der Waals surface area contributed by atoms with Gasteiger partial charge in [0.2, 0.25) is 5.28 Å². The minimum absolute atomic E-state index is 0.140. The first kappa shape index (κ1) is 10.1. The number of rotatable bonds is 5. The van der Waals surface area contributed by atoms with E-state index in [0.717, 1.165) is 0 Å². The fraction of sp³-hybridized carbons (Fsp3) is 0.571. The van der Waals surface area contributed by atoms with Gasteiger partial charge in [0.1, 0.15) is 5.82 Å². The summed E-state index contributed by atoms with van der Waals surface area (Å²) < 4.78 is 5.13. The van der Waals surface area contributed by atoms with Crippen LogP contribution in [-0.2, 0) is 4.74 Å². The molecule has 72 valence electrons. The van der Waals surface area contributed by atoms with Gasteiger partial charge in [-0.1, -0.05) is 0 Å². The van der Waals surface area contributed by atoms with Crippen LogP contribution in [0.15, 0.2) is 6.20 Å². The summed E-state index contributed by atoms with van der Waals surface area (Å²) in [6.07, 6.45) is 1.51. The highest BCUT2D eigenvalue weighted by molar-refractivity contribution is 6.28. The fourth-order valence-electron chi connectivity index (χ4n) is 0.763. The van der Waals surface area contributed by atoms with Gasteiger partial charge >= 0.3 is 0 Å². The standard InChI is InChI=1S/C7H11ClN4O/c1-2-13-4-3-9-6-5-10-12-7(8)11-6/h5H,2-4H2,1H3,(H,9,11,12). The topological polar surface area (TPSA) is 59.9 Å². The molecule has 13 heavy (non-hydrogen) atoms. The molecule has 0 radical (unpaired) electrons. The van der Waals surface area contributed by atoms with Crippen molar-refractivity contribution in [3.05, 3.63) is 11.5 Å². The van der Waals surface area contributed by atoms with E-state index < -0.39 is 0 Å². The molecule has 0 unspecified atom stereocenters. The van der Waals surface area contributed by atoms with Crippen molar-refractivity contribution >= 4 is 17.4 Å². The summed E-state index contributed by atoms with van der Waals surface area (Å²) in [4.78, 5) is 3.90. The van der Waals surface area contributed by atoms with E-state index in [1.807, 2.05) is 6.92 Å². The maximum Gasteiger partial charge on any atom is 0.244 e. The summed E-state index contributed by atoms with van der Waals surface area (Å²) in [6.45, 7) is 3.98. The third kappa shape index (κ3) is 4.00. The van der Waals surface area contributed by atoms with Gasteiger partial charge in [-0.25, -0.2) is 0 Å². The van der Waals surface area contributed by atoms with E-state index in [1.54, 1.807) is 0 Å².